The third-order valence-electron chi connectivity index (χ3n) is 1.88. The molecule has 18 heavy (non-hydrogen) atoms. The molecule has 1 aromatic heterocycles. The van der Waals surface area contributed by atoms with Gasteiger partial charge in [-0.2, -0.15) is 0 Å². The van der Waals surface area contributed by atoms with Crippen LogP contribution in [0.15, 0.2) is 6.07 Å². The summed E-state index contributed by atoms with van der Waals surface area (Å²) in [4.78, 5) is 13.8. The number of nitrogens with zero attached hydrogens (tertiary/aromatic N) is 1. The van der Waals surface area contributed by atoms with E-state index in [1.165, 1.54) is 0 Å². The van der Waals surface area contributed by atoms with Gasteiger partial charge in [0.05, 0.1) is 11.3 Å². The monoisotopic (exact) mass is 270 g/mol. The fourth-order valence-corrected chi connectivity index (χ4v) is 1.21. The molecule has 9 heteroatoms. The number of hydrogen-bond acceptors (Lipinski definition) is 4. The van der Waals surface area contributed by atoms with Crippen molar-refractivity contribution in [1.82, 2.24) is 4.98 Å². The van der Waals surface area contributed by atoms with E-state index in [9.17, 15) is 26.7 Å². The SMILES string of the molecule is NCc1cc(C=O)c(C(F)F)c(OC(F)(F)F)n1. The van der Waals surface area contributed by atoms with Gasteiger partial charge in [-0.3, -0.25) is 4.79 Å². The average Bonchev–Trinajstić information content (AvgIpc) is 2.25. The van der Waals surface area contributed by atoms with Crippen molar-refractivity contribution < 1.29 is 31.5 Å². The van der Waals surface area contributed by atoms with Gasteiger partial charge in [0.2, 0.25) is 5.88 Å². The lowest BCUT2D eigenvalue weighted by atomic mass is 10.1. The smallest absolute Gasteiger partial charge is 0.387 e. The molecule has 0 saturated carbocycles. The van der Waals surface area contributed by atoms with Gasteiger partial charge < -0.3 is 10.5 Å². The third-order valence-corrected chi connectivity index (χ3v) is 1.88. The molecular weight excluding hydrogens is 263 g/mol. The molecule has 0 aliphatic rings. The predicted octanol–water partition coefficient (Wildman–Crippen LogP) is 2.19. The number of halogens is 5. The van der Waals surface area contributed by atoms with Gasteiger partial charge in [-0.25, -0.2) is 13.8 Å². The van der Waals surface area contributed by atoms with Crippen LogP contribution in [0.1, 0.15) is 28.0 Å². The number of alkyl halides is 5. The number of pyridine rings is 1. The summed E-state index contributed by atoms with van der Waals surface area (Å²) in [6.07, 6.45) is -8.53. The number of aromatic nitrogens is 1. The zero-order chi connectivity index (χ0) is 13.9. The average molecular weight is 270 g/mol. The summed E-state index contributed by atoms with van der Waals surface area (Å²) >= 11 is 0. The highest BCUT2D eigenvalue weighted by Gasteiger charge is 2.35. The molecule has 1 heterocycles. The number of carbonyl (C=O) groups excluding carboxylic acids is 1. The molecular formula is C9H7F5N2O2. The minimum absolute atomic E-state index is 0.00837. The molecule has 0 bridgehead atoms. The second-order valence-electron chi connectivity index (χ2n) is 3.09. The van der Waals surface area contributed by atoms with Gasteiger partial charge in [0.15, 0.2) is 6.29 Å². The summed E-state index contributed by atoms with van der Waals surface area (Å²) in [6.45, 7) is -0.321. The third kappa shape index (κ3) is 3.36. The topological polar surface area (TPSA) is 65.2 Å². The van der Waals surface area contributed by atoms with Crippen molar-refractivity contribution in [3.63, 3.8) is 0 Å². The van der Waals surface area contributed by atoms with Crippen LogP contribution in [0.3, 0.4) is 0 Å². The van der Waals surface area contributed by atoms with Crippen molar-refractivity contribution in [3.8, 4) is 5.88 Å². The first kappa shape index (κ1) is 14.3. The zero-order valence-electron chi connectivity index (χ0n) is 8.67. The van der Waals surface area contributed by atoms with Gasteiger partial charge in [-0.05, 0) is 6.07 Å². The van der Waals surface area contributed by atoms with Gasteiger partial charge >= 0.3 is 6.36 Å². The van der Waals surface area contributed by atoms with E-state index >= 15 is 0 Å². The molecule has 0 fully saturated rings. The highest BCUT2D eigenvalue weighted by atomic mass is 19.4. The molecule has 0 aliphatic carbocycles. The van der Waals surface area contributed by atoms with E-state index in [-0.39, 0.29) is 18.5 Å². The molecule has 1 aromatic rings. The maximum Gasteiger partial charge on any atom is 0.574 e. The first-order chi connectivity index (χ1) is 8.28. The Balaban J connectivity index is 3.39. The number of carbonyl (C=O) groups is 1. The molecule has 0 atom stereocenters. The molecule has 100 valence electrons. The summed E-state index contributed by atoms with van der Waals surface area (Å²) in [7, 11) is 0. The van der Waals surface area contributed by atoms with Crippen LogP contribution in [0.25, 0.3) is 0 Å². The Hall–Kier alpha value is -1.77. The van der Waals surface area contributed by atoms with Crippen LogP contribution >= 0.6 is 0 Å². The lowest BCUT2D eigenvalue weighted by Gasteiger charge is -2.14. The molecule has 2 N–H and O–H groups in total. The van der Waals surface area contributed by atoms with Crippen molar-refractivity contribution >= 4 is 6.29 Å². The van der Waals surface area contributed by atoms with Crippen molar-refractivity contribution in [3.05, 3.63) is 22.9 Å². The van der Waals surface area contributed by atoms with Crippen LogP contribution in [0.5, 0.6) is 5.88 Å². The molecule has 4 nitrogen and oxygen atoms in total. The second-order valence-corrected chi connectivity index (χ2v) is 3.09. The van der Waals surface area contributed by atoms with Crippen LogP contribution in [-0.4, -0.2) is 17.6 Å². The van der Waals surface area contributed by atoms with E-state index in [4.69, 9.17) is 5.73 Å². The van der Waals surface area contributed by atoms with Crippen LogP contribution in [-0.2, 0) is 6.54 Å². The van der Waals surface area contributed by atoms with Crippen molar-refractivity contribution in [2.45, 2.75) is 19.3 Å². The molecule has 1 rings (SSSR count). The van der Waals surface area contributed by atoms with E-state index in [1.807, 2.05) is 0 Å². The van der Waals surface area contributed by atoms with Gasteiger partial charge in [-0.15, -0.1) is 13.2 Å². The number of rotatable bonds is 4. The summed E-state index contributed by atoms with van der Waals surface area (Å²) in [6, 6.07) is 0.887. The number of ether oxygens (including phenoxy) is 1. The van der Waals surface area contributed by atoms with Crippen LogP contribution < -0.4 is 10.5 Å². The molecule has 0 aromatic carbocycles. The second kappa shape index (κ2) is 5.25. The van der Waals surface area contributed by atoms with E-state index in [1.54, 1.807) is 0 Å². The number of aldehydes is 1. The highest BCUT2D eigenvalue weighted by molar-refractivity contribution is 5.78. The van der Waals surface area contributed by atoms with E-state index < -0.39 is 29.8 Å². The fraction of sp³-hybridized carbons (Fsp3) is 0.333. The summed E-state index contributed by atoms with van der Waals surface area (Å²) in [5.41, 5.74) is 3.12. The highest BCUT2D eigenvalue weighted by Crippen LogP contribution is 2.33. The largest absolute Gasteiger partial charge is 0.574 e. The van der Waals surface area contributed by atoms with Crippen LogP contribution in [0, 0.1) is 0 Å². The summed E-state index contributed by atoms with van der Waals surface area (Å²) < 4.78 is 64.7. The Morgan fingerprint density at radius 1 is 1.44 bits per heavy atom. The Morgan fingerprint density at radius 3 is 2.44 bits per heavy atom. The Labute approximate surface area is 97.6 Å². The number of hydrogen-bond donors (Lipinski definition) is 1. The standard InChI is InChI=1S/C9H7F5N2O2/c10-7(11)6-4(3-17)1-5(2-15)16-8(6)18-9(12,13)14/h1,3,7H,2,15H2. The van der Waals surface area contributed by atoms with Crippen molar-refractivity contribution in [1.29, 1.82) is 0 Å². The zero-order valence-corrected chi connectivity index (χ0v) is 8.67. The van der Waals surface area contributed by atoms with Crippen LogP contribution in [0.2, 0.25) is 0 Å². The lowest BCUT2D eigenvalue weighted by Crippen LogP contribution is -2.20. The number of nitrogens with two attached hydrogens (primary N) is 1. The maximum atomic E-state index is 12.6. The van der Waals surface area contributed by atoms with Gasteiger partial charge in [0, 0.05) is 12.1 Å². The molecule has 0 unspecified atom stereocenters. The molecule has 0 spiro atoms. The van der Waals surface area contributed by atoms with Gasteiger partial charge in [0.25, 0.3) is 6.43 Å². The first-order valence-electron chi connectivity index (χ1n) is 4.51. The summed E-state index contributed by atoms with van der Waals surface area (Å²) in [5.74, 6) is -1.36. The quantitative estimate of drug-likeness (QED) is 0.672. The molecule has 0 saturated heterocycles. The Morgan fingerprint density at radius 2 is 2.06 bits per heavy atom. The minimum Gasteiger partial charge on any atom is -0.387 e. The van der Waals surface area contributed by atoms with Crippen molar-refractivity contribution in [2.24, 2.45) is 5.73 Å². The minimum atomic E-state index is -5.19. The fourth-order valence-electron chi connectivity index (χ4n) is 1.21. The Kier molecular flexibility index (Phi) is 4.17. The normalized spacial score (nSPS) is 11.7. The van der Waals surface area contributed by atoms with E-state index in [0.717, 1.165) is 6.07 Å². The van der Waals surface area contributed by atoms with E-state index in [0.29, 0.717) is 0 Å². The van der Waals surface area contributed by atoms with Gasteiger partial charge in [-0.1, -0.05) is 0 Å². The first-order valence-corrected chi connectivity index (χ1v) is 4.51. The Bertz CT molecular complexity index is 447. The van der Waals surface area contributed by atoms with Gasteiger partial charge in [0.1, 0.15) is 0 Å². The van der Waals surface area contributed by atoms with E-state index in [2.05, 4.69) is 9.72 Å². The van der Waals surface area contributed by atoms with Crippen molar-refractivity contribution in [2.75, 3.05) is 0 Å². The summed E-state index contributed by atoms with van der Waals surface area (Å²) in [5, 5.41) is 0. The lowest BCUT2D eigenvalue weighted by molar-refractivity contribution is -0.276. The molecule has 0 amide bonds. The maximum absolute atomic E-state index is 12.6. The molecule has 0 radical (unpaired) electrons. The predicted molar refractivity (Wildman–Crippen MR) is 49.2 cm³/mol. The molecule has 0 aliphatic heterocycles. The van der Waals surface area contributed by atoms with Crippen LogP contribution in [0.4, 0.5) is 22.0 Å².